The third-order valence-electron chi connectivity index (χ3n) is 16.6. The van der Waals surface area contributed by atoms with Crippen LogP contribution in [0, 0.1) is 34.5 Å². The van der Waals surface area contributed by atoms with Gasteiger partial charge in [0, 0.05) is 25.0 Å². The molecular formula is C42H66O19. The van der Waals surface area contributed by atoms with E-state index in [4.69, 9.17) is 37.9 Å². The van der Waals surface area contributed by atoms with E-state index in [0.717, 1.165) is 37.7 Å². The molecule has 61 heavy (non-hydrogen) atoms. The fourth-order valence-corrected chi connectivity index (χ4v) is 12.9. The Kier molecular flexibility index (Phi) is 13.1. The summed E-state index contributed by atoms with van der Waals surface area (Å²) < 4.78 is 45.4. The Morgan fingerprint density at radius 1 is 0.705 bits per heavy atom. The van der Waals surface area contributed by atoms with Crippen LogP contribution < -0.4 is 0 Å². The van der Waals surface area contributed by atoms with Crippen molar-refractivity contribution in [2.24, 2.45) is 34.5 Å². The summed E-state index contributed by atoms with van der Waals surface area (Å²) in [6.07, 6.45) is -16.3. The normalized spacial score (nSPS) is 55.0. The van der Waals surface area contributed by atoms with E-state index < -0.39 is 134 Å². The highest BCUT2D eigenvalue weighted by atomic mass is 16.7. The van der Waals surface area contributed by atoms with E-state index >= 15 is 0 Å². The van der Waals surface area contributed by atoms with Crippen LogP contribution >= 0.6 is 0 Å². The summed E-state index contributed by atoms with van der Waals surface area (Å²) >= 11 is 0. The minimum Gasteiger partial charge on any atom is -0.458 e. The Hall–Kier alpha value is -1.47. The van der Waals surface area contributed by atoms with Crippen LogP contribution in [-0.2, 0) is 42.7 Å². The maximum Gasteiger partial charge on any atom is 0.331 e. The van der Waals surface area contributed by atoms with Gasteiger partial charge in [-0.3, -0.25) is 0 Å². The number of rotatable bonds is 10. The summed E-state index contributed by atoms with van der Waals surface area (Å²) in [5.41, 5.74) is -0.952. The second kappa shape index (κ2) is 17.4. The van der Waals surface area contributed by atoms with Gasteiger partial charge in [0.2, 0.25) is 0 Å². The fraction of sp³-hybridized carbons (Fsp3) is 0.929. The van der Waals surface area contributed by atoms with E-state index in [1.165, 1.54) is 7.11 Å². The van der Waals surface area contributed by atoms with Gasteiger partial charge in [0.15, 0.2) is 18.9 Å². The van der Waals surface area contributed by atoms with Gasteiger partial charge in [0.1, 0.15) is 73.8 Å². The number of methoxy groups -OCH3 is 1. The monoisotopic (exact) mass is 874 g/mol. The molecule has 0 amide bonds. The van der Waals surface area contributed by atoms with Gasteiger partial charge < -0.3 is 89.0 Å². The minimum absolute atomic E-state index is 0.0135. The number of carbonyl (C=O) groups is 1. The maximum absolute atomic E-state index is 12.6. The molecule has 4 saturated carbocycles. The SMILES string of the molecule is COC1C(O)C(C)OC(OCC2OC(OCC3OC(OC4CC(O)C5(C)C(CCC6C5CCC5(C)C(C7=CC(=O)OC7)CCC65O)C4)C(O)C(O)C3O)C(O)C(O)C2O)C1O. The average Bonchev–Trinajstić information content (AvgIpc) is 3.78. The van der Waals surface area contributed by atoms with Gasteiger partial charge in [-0.25, -0.2) is 4.79 Å². The van der Waals surface area contributed by atoms with Crippen molar-refractivity contribution in [3.05, 3.63) is 11.6 Å². The van der Waals surface area contributed by atoms with Crippen LogP contribution in [0.1, 0.15) is 72.1 Å². The molecule has 19 heteroatoms. The quantitative estimate of drug-likeness (QED) is 0.0818. The summed E-state index contributed by atoms with van der Waals surface area (Å²) in [6.45, 7) is 5.10. The topological polar surface area (TPSA) is 293 Å². The number of hydrogen-bond donors (Lipinski definition) is 10. The second-order valence-electron chi connectivity index (χ2n) is 19.5. The molecule has 24 unspecified atom stereocenters. The third-order valence-corrected chi connectivity index (χ3v) is 16.6. The predicted octanol–water partition coefficient (Wildman–Crippen LogP) is -2.27. The van der Waals surface area contributed by atoms with E-state index in [1.807, 2.05) is 0 Å². The number of hydrogen-bond acceptors (Lipinski definition) is 19. The predicted molar refractivity (Wildman–Crippen MR) is 204 cm³/mol. The van der Waals surface area contributed by atoms with Gasteiger partial charge in [-0.1, -0.05) is 13.8 Å². The van der Waals surface area contributed by atoms with Gasteiger partial charge in [-0.2, -0.15) is 0 Å². The first-order valence-electron chi connectivity index (χ1n) is 21.9. The molecule has 0 aromatic heterocycles. The second-order valence-corrected chi connectivity index (χ2v) is 19.5. The first-order valence-corrected chi connectivity index (χ1v) is 21.9. The molecule has 19 nitrogen and oxygen atoms in total. The molecule has 4 aliphatic carbocycles. The molecule has 0 aromatic carbocycles. The van der Waals surface area contributed by atoms with Crippen LogP contribution in [0.25, 0.3) is 0 Å². The first kappa shape index (κ1) is 46.1. The summed E-state index contributed by atoms with van der Waals surface area (Å²) in [7, 11) is 1.31. The van der Waals surface area contributed by atoms with Crippen LogP contribution in [-0.4, -0.2) is 194 Å². The number of esters is 1. The molecule has 4 aliphatic heterocycles. The maximum atomic E-state index is 12.6. The molecule has 7 fully saturated rings. The zero-order valence-electron chi connectivity index (χ0n) is 35.1. The largest absolute Gasteiger partial charge is 0.458 e. The summed E-state index contributed by atoms with van der Waals surface area (Å²) in [5, 5.41) is 110. The summed E-state index contributed by atoms with van der Waals surface area (Å²) in [6, 6.07) is 0. The Balaban J connectivity index is 0.880. The number of aliphatic hydroxyl groups excluding tert-OH is 9. The zero-order valence-corrected chi connectivity index (χ0v) is 35.1. The highest BCUT2D eigenvalue weighted by Gasteiger charge is 2.69. The van der Waals surface area contributed by atoms with Crippen LogP contribution in [0.3, 0.4) is 0 Å². The van der Waals surface area contributed by atoms with Gasteiger partial charge >= 0.3 is 5.97 Å². The average molecular weight is 875 g/mol. The molecular weight excluding hydrogens is 808 g/mol. The summed E-state index contributed by atoms with van der Waals surface area (Å²) in [5.74, 6) is -0.265. The van der Waals surface area contributed by atoms with Crippen LogP contribution in [0.4, 0.5) is 0 Å². The molecule has 0 radical (unpaired) electrons. The standard InChI is InChI=1S/C42H66O19/c1-17-28(45)36(54-4)35(52)38(58-17)57-15-24-29(46)31(48)33(50)37(60-24)56-16-25-30(47)32(49)34(51)39(61-25)59-20-12-19-5-6-23-22(41(19,3)26(43)13-20)7-9-40(2)21(8-10-42(23,40)53)18-11-27(44)55-14-18/h11,17,19-26,28-39,43,45-53H,5-10,12-16H2,1-4H3. The van der Waals surface area contributed by atoms with E-state index in [0.29, 0.717) is 12.8 Å². The lowest BCUT2D eigenvalue weighted by Gasteiger charge is -2.64. The zero-order chi connectivity index (χ0) is 43.9. The number of aliphatic hydroxyl groups is 10. The lowest BCUT2D eigenvalue weighted by Crippen LogP contribution is -2.65. The van der Waals surface area contributed by atoms with Gasteiger partial charge in [0.05, 0.1) is 37.1 Å². The third kappa shape index (κ3) is 7.73. The molecule has 0 aromatic rings. The Morgan fingerprint density at radius 2 is 1.33 bits per heavy atom. The van der Waals surface area contributed by atoms with Crippen molar-refractivity contribution in [3.63, 3.8) is 0 Å². The molecule has 4 heterocycles. The van der Waals surface area contributed by atoms with E-state index in [-0.39, 0.29) is 42.7 Å². The van der Waals surface area contributed by atoms with Crippen molar-refractivity contribution in [1.82, 2.24) is 0 Å². The Bertz CT molecular complexity index is 1600. The lowest BCUT2D eigenvalue weighted by molar-refractivity contribution is -0.346. The van der Waals surface area contributed by atoms with Crippen molar-refractivity contribution in [2.75, 3.05) is 26.9 Å². The highest BCUT2D eigenvalue weighted by Crippen LogP contribution is 2.70. The van der Waals surface area contributed by atoms with Crippen LogP contribution in [0.5, 0.6) is 0 Å². The smallest absolute Gasteiger partial charge is 0.331 e. The molecule has 24 atom stereocenters. The first-order chi connectivity index (χ1) is 28.8. The van der Waals surface area contributed by atoms with Crippen molar-refractivity contribution < 1.29 is 93.8 Å². The molecule has 10 N–H and O–H groups in total. The van der Waals surface area contributed by atoms with Gasteiger partial charge in [0.25, 0.3) is 0 Å². The molecule has 348 valence electrons. The molecule has 8 rings (SSSR count). The molecule has 0 spiro atoms. The van der Waals surface area contributed by atoms with E-state index in [9.17, 15) is 55.9 Å². The lowest BCUT2D eigenvalue weighted by atomic mass is 9.42. The van der Waals surface area contributed by atoms with Crippen molar-refractivity contribution in [1.29, 1.82) is 0 Å². The molecule has 3 saturated heterocycles. The van der Waals surface area contributed by atoms with Gasteiger partial charge in [-0.15, -0.1) is 0 Å². The van der Waals surface area contributed by atoms with Crippen molar-refractivity contribution in [3.8, 4) is 0 Å². The van der Waals surface area contributed by atoms with Crippen molar-refractivity contribution in [2.45, 2.75) is 182 Å². The van der Waals surface area contributed by atoms with E-state index in [2.05, 4.69) is 13.8 Å². The number of cyclic esters (lactones) is 1. The Morgan fingerprint density at radius 3 is 1.95 bits per heavy atom. The number of fused-ring (bicyclic) bond motifs is 5. The van der Waals surface area contributed by atoms with E-state index in [1.54, 1.807) is 13.0 Å². The molecule has 8 aliphatic rings. The van der Waals surface area contributed by atoms with Crippen LogP contribution in [0.15, 0.2) is 11.6 Å². The Labute approximate surface area is 354 Å². The fourth-order valence-electron chi connectivity index (χ4n) is 12.9. The number of carbonyl (C=O) groups excluding carboxylic acids is 1. The van der Waals surface area contributed by atoms with Gasteiger partial charge in [-0.05, 0) is 86.5 Å². The highest BCUT2D eigenvalue weighted by molar-refractivity contribution is 5.85. The minimum atomic E-state index is -1.77. The van der Waals surface area contributed by atoms with Crippen molar-refractivity contribution >= 4 is 5.97 Å². The number of ether oxygens (including phenoxy) is 8. The van der Waals surface area contributed by atoms with Crippen LogP contribution in [0.2, 0.25) is 0 Å². The molecule has 0 bridgehead atoms. The summed E-state index contributed by atoms with van der Waals surface area (Å²) in [4.78, 5) is 12.0.